The second-order valence-electron chi connectivity index (χ2n) is 5.51. The molecule has 0 aliphatic carbocycles. The van der Waals surface area contributed by atoms with Gasteiger partial charge in [0.25, 0.3) is 5.91 Å². The number of aromatic amines is 1. The van der Waals surface area contributed by atoms with E-state index in [-0.39, 0.29) is 17.8 Å². The van der Waals surface area contributed by atoms with Gasteiger partial charge in [0.1, 0.15) is 5.69 Å². The molecular weight excluding hydrogens is 367 g/mol. The third-order valence-electron chi connectivity index (χ3n) is 3.71. The molecule has 2 N–H and O–H groups in total. The van der Waals surface area contributed by atoms with Crippen LogP contribution in [0.1, 0.15) is 21.6 Å². The van der Waals surface area contributed by atoms with E-state index >= 15 is 0 Å². The third kappa shape index (κ3) is 4.05. The van der Waals surface area contributed by atoms with Crippen molar-refractivity contribution in [3.05, 3.63) is 76.4 Å². The number of carbonyl (C=O) groups is 1. The van der Waals surface area contributed by atoms with E-state index in [0.29, 0.717) is 10.7 Å². The summed E-state index contributed by atoms with van der Waals surface area (Å²) in [7, 11) is 0. The highest BCUT2D eigenvalue weighted by Gasteiger charge is 2.32. The zero-order valence-electron chi connectivity index (χ0n) is 13.3. The lowest BCUT2D eigenvalue weighted by atomic mass is 10.1. The smallest absolute Gasteiger partial charge is 0.347 e. The number of hydrogen-bond acceptors (Lipinski definition) is 2. The Balaban J connectivity index is 1.72. The molecule has 3 rings (SSSR count). The number of carbonyl (C=O) groups excluding carboxylic acids is 1. The van der Waals surface area contributed by atoms with Crippen molar-refractivity contribution in [3.8, 4) is 11.3 Å². The lowest BCUT2D eigenvalue weighted by Crippen LogP contribution is -2.24. The number of nitrogens with one attached hydrogen (secondary N) is 2. The van der Waals surface area contributed by atoms with Crippen molar-refractivity contribution < 1.29 is 18.0 Å². The number of alkyl halides is 3. The summed E-state index contributed by atoms with van der Waals surface area (Å²) in [5, 5.41) is 9.61. The van der Waals surface area contributed by atoms with Crippen LogP contribution in [0, 0.1) is 0 Å². The van der Waals surface area contributed by atoms with Crippen molar-refractivity contribution in [1.82, 2.24) is 15.5 Å². The van der Waals surface area contributed by atoms with Crippen molar-refractivity contribution in [3.63, 3.8) is 0 Å². The number of halogens is 4. The molecular formula is C18H13ClF3N3O. The monoisotopic (exact) mass is 379 g/mol. The van der Waals surface area contributed by atoms with Crippen LogP contribution in [0.5, 0.6) is 0 Å². The van der Waals surface area contributed by atoms with Gasteiger partial charge in [0, 0.05) is 17.1 Å². The van der Waals surface area contributed by atoms with Crippen LogP contribution in [0.15, 0.2) is 54.6 Å². The van der Waals surface area contributed by atoms with E-state index < -0.39 is 17.6 Å². The fourth-order valence-corrected chi connectivity index (χ4v) is 2.65. The highest BCUT2D eigenvalue weighted by molar-refractivity contribution is 6.30. The largest absolute Gasteiger partial charge is 0.416 e. The Hall–Kier alpha value is -2.80. The number of amides is 1. The van der Waals surface area contributed by atoms with E-state index in [1.165, 1.54) is 24.3 Å². The maximum atomic E-state index is 13.0. The van der Waals surface area contributed by atoms with Crippen molar-refractivity contribution >= 4 is 17.5 Å². The number of hydrogen-bond donors (Lipinski definition) is 2. The van der Waals surface area contributed by atoms with Crippen LogP contribution >= 0.6 is 11.6 Å². The van der Waals surface area contributed by atoms with Crippen LogP contribution < -0.4 is 5.32 Å². The highest BCUT2D eigenvalue weighted by Crippen LogP contribution is 2.31. The molecule has 8 heteroatoms. The Labute approximate surface area is 152 Å². The van der Waals surface area contributed by atoms with Crippen molar-refractivity contribution in [2.45, 2.75) is 12.7 Å². The van der Waals surface area contributed by atoms with Gasteiger partial charge >= 0.3 is 6.18 Å². The predicted molar refractivity (Wildman–Crippen MR) is 91.6 cm³/mol. The van der Waals surface area contributed by atoms with Crippen molar-refractivity contribution in [2.24, 2.45) is 0 Å². The Morgan fingerprint density at radius 3 is 2.62 bits per heavy atom. The molecule has 0 atom stereocenters. The van der Waals surface area contributed by atoms with Gasteiger partial charge < -0.3 is 5.32 Å². The van der Waals surface area contributed by atoms with Gasteiger partial charge in [-0.25, -0.2) is 0 Å². The lowest BCUT2D eigenvalue weighted by Gasteiger charge is -2.12. The summed E-state index contributed by atoms with van der Waals surface area (Å²) >= 11 is 5.92. The average Bonchev–Trinajstić information content (AvgIpc) is 3.09. The Kier molecular flexibility index (Phi) is 4.99. The molecule has 2 aromatic carbocycles. The number of H-pyrrole nitrogens is 1. The summed E-state index contributed by atoms with van der Waals surface area (Å²) in [5.41, 5.74) is 0.584. The van der Waals surface area contributed by atoms with E-state index in [0.717, 1.165) is 11.6 Å². The molecule has 0 spiro atoms. The van der Waals surface area contributed by atoms with E-state index in [1.54, 1.807) is 24.3 Å². The maximum Gasteiger partial charge on any atom is 0.416 e. The molecule has 0 saturated heterocycles. The first-order valence-corrected chi connectivity index (χ1v) is 7.97. The van der Waals surface area contributed by atoms with Gasteiger partial charge in [-0.1, -0.05) is 41.9 Å². The minimum absolute atomic E-state index is 0.0112. The van der Waals surface area contributed by atoms with Crippen LogP contribution in [0.2, 0.25) is 5.02 Å². The van der Waals surface area contributed by atoms with Crippen molar-refractivity contribution in [1.29, 1.82) is 0 Å². The first kappa shape index (κ1) is 18.0. The van der Waals surface area contributed by atoms with Gasteiger partial charge in [0.05, 0.1) is 11.3 Å². The molecule has 0 aliphatic rings. The standard InChI is InChI=1S/C18H13ClF3N3O/c19-13-6-3-5-11(8-13)15-9-16(25-24-15)17(26)23-10-12-4-1-2-7-14(12)18(20,21)22/h1-9H,10H2,(H,23,26)(H,24,25). The number of rotatable bonds is 4. The van der Waals surface area contributed by atoms with Gasteiger partial charge in [-0.2, -0.15) is 18.3 Å². The fourth-order valence-electron chi connectivity index (χ4n) is 2.46. The maximum absolute atomic E-state index is 13.0. The zero-order chi connectivity index (χ0) is 18.7. The zero-order valence-corrected chi connectivity index (χ0v) is 14.0. The van der Waals surface area contributed by atoms with Gasteiger partial charge in [-0.3, -0.25) is 9.89 Å². The van der Waals surface area contributed by atoms with Gasteiger partial charge in [0.2, 0.25) is 0 Å². The topological polar surface area (TPSA) is 57.8 Å². The van der Waals surface area contributed by atoms with Gasteiger partial charge in [0.15, 0.2) is 0 Å². The molecule has 0 radical (unpaired) electrons. The molecule has 0 bridgehead atoms. The Bertz CT molecular complexity index is 937. The molecule has 0 unspecified atom stereocenters. The van der Waals surface area contributed by atoms with Crippen LogP contribution in [0.3, 0.4) is 0 Å². The Morgan fingerprint density at radius 1 is 1.12 bits per heavy atom. The van der Waals surface area contributed by atoms with Gasteiger partial charge in [-0.05, 0) is 29.8 Å². The molecule has 0 saturated carbocycles. The van der Waals surface area contributed by atoms with Gasteiger partial charge in [-0.15, -0.1) is 0 Å². The third-order valence-corrected chi connectivity index (χ3v) is 3.94. The Morgan fingerprint density at radius 2 is 1.88 bits per heavy atom. The van der Waals surface area contributed by atoms with E-state index in [4.69, 9.17) is 11.6 Å². The lowest BCUT2D eigenvalue weighted by molar-refractivity contribution is -0.138. The van der Waals surface area contributed by atoms with E-state index in [1.807, 2.05) is 0 Å². The second-order valence-corrected chi connectivity index (χ2v) is 5.95. The van der Waals surface area contributed by atoms with Crippen LogP contribution in [0.25, 0.3) is 11.3 Å². The van der Waals surface area contributed by atoms with Crippen LogP contribution in [-0.2, 0) is 12.7 Å². The molecule has 134 valence electrons. The predicted octanol–water partition coefficient (Wildman–Crippen LogP) is 4.68. The fraction of sp³-hybridized carbons (Fsp3) is 0.111. The van der Waals surface area contributed by atoms with E-state index in [2.05, 4.69) is 15.5 Å². The molecule has 1 heterocycles. The summed E-state index contributed by atoms with van der Waals surface area (Å²) in [4.78, 5) is 12.2. The summed E-state index contributed by atoms with van der Waals surface area (Å²) in [6, 6.07) is 13.6. The summed E-state index contributed by atoms with van der Waals surface area (Å²) < 4.78 is 38.9. The minimum Gasteiger partial charge on any atom is -0.347 e. The van der Waals surface area contributed by atoms with Crippen LogP contribution in [0.4, 0.5) is 13.2 Å². The molecule has 0 aliphatic heterocycles. The average molecular weight is 380 g/mol. The first-order valence-electron chi connectivity index (χ1n) is 7.59. The minimum atomic E-state index is -4.48. The summed E-state index contributed by atoms with van der Waals surface area (Å²) in [6.45, 7) is -0.250. The first-order chi connectivity index (χ1) is 12.3. The molecule has 26 heavy (non-hydrogen) atoms. The molecule has 1 amide bonds. The molecule has 0 fully saturated rings. The van der Waals surface area contributed by atoms with E-state index in [9.17, 15) is 18.0 Å². The summed E-state index contributed by atoms with van der Waals surface area (Å²) in [5.74, 6) is -0.553. The van der Waals surface area contributed by atoms with Crippen LogP contribution in [-0.4, -0.2) is 16.1 Å². The SMILES string of the molecule is O=C(NCc1ccccc1C(F)(F)F)c1cc(-c2cccc(Cl)c2)n[nH]1. The quantitative estimate of drug-likeness (QED) is 0.691. The molecule has 3 aromatic rings. The van der Waals surface area contributed by atoms with Crippen molar-refractivity contribution in [2.75, 3.05) is 0 Å². The molecule has 4 nitrogen and oxygen atoms in total. The number of nitrogens with zero attached hydrogens (tertiary/aromatic N) is 1. The highest BCUT2D eigenvalue weighted by atomic mass is 35.5. The normalized spacial score (nSPS) is 11.4. The number of benzene rings is 2. The molecule has 1 aromatic heterocycles. The second kappa shape index (κ2) is 7.21. The number of aromatic nitrogens is 2. The summed E-state index contributed by atoms with van der Waals surface area (Å²) in [6.07, 6.45) is -4.48.